The summed E-state index contributed by atoms with van der Waals surface area (Å²) in [5, 5.41) is 7.30. The number of benzene rings is 1. The van der Waals surface area contributed by atoms with Crippen LogP contribution in [0.25, 0.3) is 33.7 Å². The molecule has 4 aromatic rings. The molecule has 0 aliphatic carbocycles. The number of piperidine rings is 1. The molecule has 0 radical (unpaired) electrons. The zero-order valence-corrected chi connectivity index (χ0v) is 22.6. The third-order valence-corrected chi connectivity index (χ3v) is 7.60. The van der Waals surface area contributed by atoms with Gasteiger partial charge in [0.15, 0.2) is 0 Å². The van der Waals surface area contributed by atoms with Crippen LogP contribution in [-0.2, 0) is 9.53 Å². The highest BCUT2D eigenvalue weighted by Crippen LogP contribution is 2.32. The SMILES string of the molecule is COC(=O)CC1CNCCC1CCCCNc1cnc2ccc(-c3nc[nH]c3-c3cc(Cl)ccc3F)nc2c1. The first kappa shape index (κ1) is 27.0. The third kappa shape index (κ3) is 6.54. The molecule has 1 fully saturated rings. The van der Waals surface area contributed by atoms with Gasteiger partial charge in [-0.3, -0.25) is 9.78 Å². The van der Waals surface area contributed by atoms with Gasteiger partial charge in [0, 0.05) is 23.6 Å². The molecule has 39 heavy (non-hydrogen) atoms. The first-order valence-corrected chi connectivity index (χ1v) is 13.7. The van der Waals surface area contributed by atoms with Gasteiger partial charge in [-0.1, -0.05) is 24.4 Å². The fourth-order valence-electron chi connectivity index (χ4n) is 5.28. The van der Waals surface area contributed by atoms with E-state index < -0.39 is 5.82 Å². The van der Waals surface area contributed by atoms with Gasteiger partial charge in [-0.05, 0) is 74.2 Å². The maximum Gasteiger partial charge on any atom is 0.305 e. The van der Waals surface area contributed by atoms with Gasteiger partial charge in [0.2, 0.25) is 0 Å². The van der Waals surface area contributed by atoms with Crippen molar-refractivity contribution < 1.29 is 13.9 Å². The number of methoxy groups -OCH3 is 1. The van der Waals surface area contributed by atoms with E-state index in [0.717, 1.165) is 62.0 Å². The summed E-state index contributed by atoms with van der Waals surface area (Å²) in [4.78, 5) is 28.5. The average Bonchev–Trinajstić information content (AvgIpc) is 3.44. The molecule has 0 bridgehead atoms. The molecule has 1 aliphatic heterocycles. The van der Waals surface area contributed by atoms with Crippen molar-refractivity contribution in [3.05, 3.63) is 59.8 Å². The number of hydrogen-bond acceptors (Lipinski definition) is 7. The van der Waals surface area contributed by atoms with E-state index in [4.69, 9.17) is 21.3 Å². The minimum absolute atomic E-state index is 0.129. The summed E-state index contributed by atoms with van der Waals surface area (Å²) in [6.45, 7) is 2.70. The Kier molecular flexibility index (Phi) is 8.68. The van der Waals surface area contributed by atoms with Crippen LogP contribution in [0, 0.1) is 17.7 Å². The summed E-state index contributed by atoms with van der Waals surface area (Å²) >= 11 is 6.11. The number of esters is 1. The number of halogens is 2. The van der Waals surface area contributed by atoms with Crippen LogP contribution in [0.15, 0.2) is 48.9 Å². The topological polar surface area (TPSA) is 105 Å². The van der Waals surface area contributed by atoms with E-state index in [0.29, 0.717) is 45.9 Å². The van der Waals surface area contributed by atoms with Crippen molar-refractivity contribution in [1.29, 1.82) is 0 Å². The molecule has 0 saturated carbocycles. The predicted molar refractivity (Wildman–Crippen MR) is 151 cm³/mol. The number of nitrogens with zero attached hydrogens (tertiary/aromatic N) is 3. The fourth-order valence-corrected chi connectivity index (χ4v) is 5.45. The number of anilines is 1. The van der Waals surface area contributed by atoms with Gasteiger partial charge in [-0.15, -0.1) is 0 Å². The standard InChI is InChI=1S/C29H32ClFN6O2/c1-39-27(38)12-19-15-32-11-9-18(19)4-2-3-10-33-21-14-26-24(34-16-21)7-8-25(37-26)29-28(35-17-36-29)22-13-20(30)5-6-23(22)31/h5-8,13-14,16-19,32-33H,2-4,9-12,15H2,1H3,(H,35,36). The molecule has 3 N–H and O–H groups in total. The second-order valence-corrected chi connectivity index (χ2v) is 10.4. The molecular weight excluding hydrogens is 519 g/mol. The van der Waals surface area contributed by atoms with Crippen molar-refractivity contribution in [2.45, 2.75) is 32.1 Å². The summed E-state index contributed by atoms with van der Waals surface area (Å²) in [5.41, 5.74) is 4.38. The Morgan fingerprint density at radius 3 is 2.92 bits per heavy atom. The molecule has 10 heteroatoms. The number of hydrogen-bond donors (Lipinski definition) is 3. The first-order chi connectivity index (χ1) is 19.0. The van der Waals surface area contributed by atoms with Crippen molar-refractivity contribution >= 4 is 34.3 Å². The highest BCUT2D eigenvalue weighted by molar-refractivity contribution is 6.30. The minimum atomic E-state index is -0.391. The molecule has 8 nitrogen and oxygen atoms in total. The number of aromatic nitrogens is 4. The number of unbranched alkanes of at least 4 members (excludes halogenated alkanes) is 1. The number of pyridine rings is 2. The zero-order chi connectivity index (χ0) is 27.2. The van der Waals surface area contributed by atoms with Gasteiger partial charge in [0.05, 0.1) is 47.7 Å². The molecule has 1 aromatic carbocycles. The van der Waals surface area contributed by atoms with Gasteiger partial charge in [0.1, 0.15) is 11.5 Å². The molecule has 4 heterocycles. The second-order valence-electron chi connectivity index (χ2n) is 9.92. The summed E-state index contributed by atoms with van der Waals surface area (Å²) in [6, 6.07) is 10.1. The average molecular weight is 551 g/mol. The van der Waals surface area contributed by atoms with E-state index in [2.05, 4.69) is 25.6 Å². The monoisotopic (exact) mass is 550 g/mol. The highest BCUT2D eigenvalue weighted by Gasteiger charge is 2.26. The molecule has 2 atom stereocenters. The second kappa shape index (κ2) is 12.5. The van der Waals surface area contributed by atoms with E-state index in [1.54, 1.807) is 6.07 Å². The molecule has 3 aromatic heterocycles. The lowest BCUT2D eigenvalue weighted by Crippen LogP contribution is -2.38. The van der Waals surface area contributed by atoms with Crippen molar-refractivity contribution in [3.63, 3.8) is 0 Å². The number of ether oxygens (including phenoxy) is 1. The molecule has 204 valence electrons. The van der Waals surface area contributed by atoms with E-state index >= 15 is 0 Å². The summed E-state index contributed by atoms with van der Waals surface area (Å²) in [5.74, 6) is 0.367. The Morgan fingerprint density at radius 2 is 2.05 bits per heavy atom. The fraction of sp³-hybridized carbons (Fsp3) is 0.379. The van der Waals surface area contributed by atoms with Crippen molar-refractivity contribution in [3.8, 4) is 22.6 Å². The van der Waals surface area contributed by atoms with E-state index in [1.807, 2.05) is 24.4 Å². The Hall–Kier alpha value is -3.56. The normalized spacial score (nSPS) is 17.3. The number of carbonyl (C=O) groups excluding carboxylic acids is 1. The predicted octanol–water partition coefficient (Wildman–Crippen LogP) is 5.85. The molecule has 0 spiro atoms. The van der Waals surface area contributed by atoms with Gasteiger partial charge in [-0.2, -0.15) is 0 Å². The van der Waals surface area contributed by atoms with Crippen molar-refractivity contribution in [1.82, 2.24) is 25.3 Å². The highest BCUT2D eigenvalue weighted by atomic mass is 35.5. The molecule has 2 unspecified atom stereocenters. The number of aromatic amines is 1. The lowest BCUT2D eigenvalue weighted by molar-refractivity contribution is -0.142. The zero-order valence-electron chi connectivity index (χ0n) is 21.8. The van der Waals surface area contributed by atoms with Gasteiger partial charge in [0.25, 0.3) is 0 Å². The van der Waals surface area contributed by atoms with Crippen LogP contribution >= 0.6 is 11.6 Å². The molecular formula is C29H32ClFN6O2. The smallest absolute Gasteiger partial charge is 0.305 e. The van der Waals surface area contributed by atoms with Gasteiger partial charge < -0.3 is 20.4 Å². The Morgan fingerprint density at radius 1 is 1.15 bits per heavy atom. The number of fused-ring (bicyclic) bond motifs is 1. The van der Waals surface area contributed by atoms with Gasteiger partial charge >= 0.3 is 5.97 Å². The number of carbonyl (C=O) groups is 1. The minimum Gasteiger partial charge on any atom is -0.469 e. The first-order valence-electron chi connectivity index (χ1n) is 13.3. The van der Waals surface area contributed by atoms with Crippen LogP contribution in [0.5, 0.6) is 0 Å². The van der Waals surface area contributed by atoms with Crippen LogP contribution in [0.4, 0.5) is 10.1 Å². The number of H-pyrrole nitrogens is 1. The Balaban J connectivity index is 1.21. The largest absolute Gasteiger partial charge is 0.469 e. The van der Waals surface area contributed by atoms with Crippen LogP contribution in [0.3, 0.4) is 0 Å². The lowest BCUT2D eigenvalue weighted by Gasteiger charge is -2.31. The third-order valence-electron chi connectivity index (χ3n) is 7.37. The van der Waals surface area contributed by atoms with Crippen LogP contribution in [0.2, 0.25) is 5.02 Å². The number of nitrogens with one attached hydrogen (secondary N) is 3. The van der Waals surface area contributed by atoms with E-state index in [1.165, 1.54) is 25.6 Å². The van der Waals surface area contributed by atoms with Crippen molar-refractivity contribution in [2.24, 2.45) is 11.8 Å². The summed E-state index contributed by atoms with van der Waals surface area (Å²) in [7, 11) is 1.45. The maximum atomic E-state index is 14.5. The quantitative estimate of drug-likeness (QED) is 0.168. The lowest BCUT2D eigenvalue weighted by atomic mass is 9.81. The number of imidazole rings is 1. The van der Waals surface area contributed by atoms with Crippen LogP contribution in [-0.4, -0.2) is 52.6 Å². The molecule has 1 saturated heterocycles. The van der Waals surface area contributed by atoms with Crippen molar-refractivity contribution in [2.75, 3.05) is 32.1 Å². The van der Waals surface area contributed by atoms with E-state index in [-0.39, 0.29) is 5.97 Å². The summed E-state index contributed by atoms with van der Waals surface area (Å²) in [6.07, 6.45) is 8.12. The maximum absolute atomic E-state index is 14.5. The molecule has 5 rings (SSSR count). The Labute approximate surface area is 231 Å². The van der Waals surface area contributed by atoms with Gasteiger partial charge in [-0.25, -0.2) is 14.4 Å². The molecule has 0 amide bonds. The van der Waals surface area contributed by atoms with Crippen LogP contribution < -0.4 is 10.6 Å². The summed E-state index contributed by atoms with van der Waals surface area (Å²) < 4.78 is 19.4. The molecule has 1 aliphatic rings. The number of rotatable bonds is 10. The van der Waals surface area contributed by atoms with Crippen LogP contribution in [0.1, 0.15) is 32.1 Å². The van der Waals surface area contributed by atoms with E-state index in [9.17, 15) is 9.18 Å². The Bertz CT molecular complexity index is 1440.